The molecule has 1 aliphatic heterocycles. The summed E-state index contributed by atoms with van der Waals surface area (Å²) < 4.78 is 16.0. The molecule has 2 amide bonds. The first-order chi connectivity index (χ1) is 14.0. The molecule has 2 aromatic carbocycles. The molecule has 5 N–H and O–H groups in total. The summed E-state index contributed by atoms with van der Waals surface area (Å²) >= 11 is 0. The number of esters is 1. The molecule has 0 aliphatic carbocycles. The molecule has 9 heteroatoms. The van der Waals surface area contributed by atoms with Gasteiger partial charge >= 0.3 is 12.0 Å². The van der Waals surface area contributed by atoms with Crippen LogP contribution in [0.5, 0.6) is 11.5 Å². The summed E-state index contributed by atoms with van der Waals surface area (Å²) in [4.78, 5) is 28.8. The zero-order chi connectivity index (χ0) is 20.5. The number of nitrogens with zero attached hydrogens (tertiary/aromatic N) is 1. The zero-order valence-corrected chi connectivity index (χ0v) is 15.5. The predicted molar refractivity (Wildman–Crippen MR) is 107 cm³/mol. The van der Waals surface area contributed by atoms with Gasteiger partial charge in [-0.25, -0.2) is 14.6 Å². The van der Waals surface area contributed by atoms with Crippen LogP contribution in [-0.4, -0.2) is 30.4 Å². The maximum atomic E-state index is 12.7. The van der Waals surface area contributed by atoms with Crippen LogP contribution >= 0.6 is 0 Å². The molecule has 29 heavy (non-hydrogen) atoms. The Labute approximate surface area is 165 Å². The molecular weight excluding hydrogens is 376 g/mol. The van der Waals surface area contributed by atoms with E-state index in [-0.39, 0.29) is 19.0 Å². The molecular formula is C20H18N4O5. The molecule has 0 bridgehead atoms. The molecule has 0 atom stereocenters. The van der Waals surface area contributed by atoms with E-state index in [1.54, 1.807) is 43.3 Å². The Hall–Kier alpha value is -4.01. The van der Waals surface area contributed by atoms with Crippen molar-refractivity contribution in [2.45, 2.75) is 6.92 Å². The summed E-state index contributed by atoms with van der Waals surface area (Å²) in [5, 5.41) is 3.21. The molecule has 9 nitrogen and oxygen atoms in total. The van der Waals surface area contributed by atoms with Gasteiger partial charge in [-0.2, -0.15) is 0 Å². The van der Waals surface area contributed by atoms with Gasteiger partial charge in [0, 0.05) is 22.7 Å². The molecule has 0 spiro atoms. The second kappa shape index (κ2) is 7.19. The maximum absolute atomic E-state index is 12.7. The number of hydrogen-bond donors (Lipinski definition) is 3. The van der Waals surface area contributed by atoms with Gasteiger partial charge in [-0.1, -0.05) is 0 Å². The van der Waals surface area contributed by atoms with Gasteiger partial charge in [-0.05, 0) is 37.3 Å². The highest BCUT2D eigenvalue weighted by molar-refractivity contribution is 6.04. The number of nitrogens with one attached hydrogen (secondary N) is 1. The Kier molecular flexibility index (Phi) is 4.55. The number of urea groups is 1. The van der Waals surface area contributed by atoms with Crippen molar-refractivity contribution in [3.8, 4) is 22.8 Å². The van der Waals surface area contributed by atoms with E-state index in [2.05, 4.69) is 10.3 Å². The number of primary amides is 1. The number of amides is 2. The van der Waals surface area contributed by atoms with Crippen LogP contribution in [0.25, 0.3) is 22.2 Å². The number of ether oxygens (including phenoxy) is 3. The van der Waals surface area contributed by atoms with Crippen molar-refractivity contribution in [2.75, 3.05) is 24.5 Å². The standard InChI is InChI=1S/C20H18N4O5/c1-2-27-19(25)13-5-10-6-16-17(29-9-28-16)8-15(10)23-18(13)12-7-11(21)3-4-14(12)24-20(22)26/h3-8H,2,9,21H2,1H3,(H3,22,24,26). The molecule has 0 unspecified atom stereocenters. The summed E-state index contributed by atoms with van der Waals surface area (Å²) in [5.74, 6) is 0.576. The van der Waals surface area contributed by atoms with E-state index in [0.29, 0.717) is 45.0 Å². The molecule has 2 heterocycles. The number of nitrogen functional groups attached to an aromatic ring is 1. The Bertz CT molecular complexity index is 1150. The van der Waals surface area contributed by atoms with Crippen LogP contribution in [0.2, 0.25) is 0 Å². The number of pyridine rings is 1. The summed E-state index contributed by atoms with van der Waals surface area (Å²) in [5.41, 5.74) is 13.5. The summed E-state index contributed by atoms with van der Waals surface area (Å²) in [6, 6.07) is 9.19. The van der Waals surface area contributed by atoms with Crippen LogP contribution in [0.15, 0.2) is 36.4 Å². The maximum Gasteiger partial charge on any atom is 0.340 e. The van der Waals surface area contributed by atoms with Gasteiger partial charge in [-0.15, -0.1) is 0 Å². The van der Waals surface area contributed by atoms with E-state index in [4.69, 9.17) is 25.7 Å². The molecule has 0 fully saturated rings. The third kappa shape index (κ3) is 3.45. The number of anilines is 2. The third-order valence-corrected chi connectivity index (χ3v) is 4.36. The molecule has 1 aliphatic rings. The number of carbonyl (C=O) groups excluding carboxylic acids is 2. The highest BCUT2D eigenvalue weighted by Gasteiger charge is 2.22. The van der Waals surface area contributed by atoms with Gasteiger partial charge in [0.2, 0.25) is 6.79 Å². The van der Waals surface area contributed by atoms with Crippen molar-refractivity contribution in [1.29, 1.82) is 0 Å². The SMILES string of the molecule is CCOC(=O)c1cc2cc3c(cc2nc1-c1cc(N)ccc1NC(N)=O)OCO3. The number of rotatable bonds is 4. The Morgan fingerprint density at radius 3 is 2.66 bits per heavy atom. The van der Waals surface area contributed by atoms with E-state index >= 15 is 0 Å². The lowest BCUT2D eigenvalue weighted by molar-refractivity contribution is 0.0527. The second-order valence-corrected chi connectivity index (χ2v) is 6.30. The monoisotopic (exact) mass is 394 g/mol. The fourth-order valence-corrected chi connectivity index (χ4v) is 3.13. The van der Waals surface area contributed by atoms with Crippen molar-refractivity contribution < 1.29 is 23.8 Å². The van der Waals surface area contributed by atoms with Crippen LogP contribution < -0.4 is 26.3 Å². The summed E-state index contributed by atoms with van der Waals surface area (Å²) in [6.45, 7) is 2.02. The topological polar surface area (TPSA) is 139 Å². The van der Waals surface area contributed by atoms with Crippen LogP contribution in [0.4, 0.5) is 16.2 Å². The van der Waals surface area contributed by atoms with Crippen LogP contribution in [0.1, 0.15) is 17.3 Å². The number of aromatic nitrogens is 1. The number of hydrogen-bond acceptors (Lipinski definition) is 7. The minimum atomic E-state index is -0.752. The Balaban J connectivity index is 1.98. The minimum Gasteiger partial charge on any atom is -0.462 e. The fraction of sp³-hybridized carbons (Fsp3) is 0.150. The largest absolute Gasteiger partial charge is 0.462 e. The molecule has 3 aromatic rings. The van der Waals surface area contributed by atoms with Crippen LogP contribution in [0.3, 0.4) is 0 Å². The van der Waals surface area contributed by atoms with Gasteiger partial charge in [0.05, 0.1) is 29.1 Å². The zero-order valence-electron chi connectivity index (χ0n) is 15.5. The van der Waals surface area contributed by atoms with Crippen LogP contribution in [-0.2, 0) is 4.74 Å². The summed E-state index contributed by atoms with van der Waals surface area (Å²) in [6.07, 6.45) is 0. The van der Waals surface area contributed by atoms with Crippen molar-refractivity contribution in [3.05, 3.63) is 42.0 Å². The summed E-state index contributed by atoms with van der Waals surface area (Å²) in [7, 11) is 0. The van der Waals surface area contributed by atoms with E-state index < -0.39 is 12.0 Å². The molecule has 0 saturated carbocycles. The van der Waals surface area contributed by atoms with Gasteiger partial charge < -0.3 is 31.0 Å². The van der Waals surface area contributed by atoms with E-state index in [9.17, 15) is 9.59 Å². The molecule has 148 valence electrons. The lowest BCUT2D eigenvalue weighted by Crippen LogP contribution is -2.20. The van der Waals surface area contributed by atoms with Gasteiger partial charge in [0.1, 0.15) is 0 Å². The molecule has 0 radical (unpaired) electrons. The first-order valence-electron chi connectivity index (χ1n) is 8.84. The number of fused-ring (bicyclic) bond motifs is 2. The van der Waals surface area contributed by atoms with E-state index in [0.717, 1.165) is 0 Å². The van der Waals surface area contributed by atoms with Crippen molar-refractivity contribution >= 4 is 34.3 Å². The Morgan fingerprint density at radius 2 is 1.93 bits per heavy atom. The first kappa shape index (κ1) is 18.4. The Morgan fingerprint density at radius 1 is 1.17 bits per heavy atom. The number of nitrogens with two attached hydrogens (primary N) is 2. The van der Waals surface area contributed by atoms with Gasteiger partial charge in [0.25, 0.3) is 0 Å². The van der Waals surface area contributed by atoms with E-state index in [1.807, 2.05) is 0 Å². The normalized spacial score (nSPS) is 12.0. The highest BCUT2D eigenvalue weighted by Crippen LogP contribution is 2.38. The number of benzene rings is 2. The average molecular weight is 394 g/mol. The third-order valence-electron chi connectivity index (χ3n) is 4.36. The fourth-order valence-electron chi connectivity index (χ4n) is 3.13. The molecule has 4 rings (SSSR count). The lowest BCUT2D eigenvalue weighted by atomic mass is 10.0. The second-order valence-electron chi connectivity index (χ2n) is 6.30. The van der Waals surface area contributed by atoms with Crippen LogP contribution in [0, 0.1) is 0 Å². The predicted octanol–water partition coefficient (Wildman–Crippen LogP) is 2.88. The van der Waals surface area contributed by atoms with Gasteiger partial charge in [-0.3, -0.25) is 0 Å². The smallest absolute Gasteiger partial charge is 0.340 e. The van der Waals surface area contributed by atoms with Crippen molar-refractivity contribution in [2.24, 2.45) is 5.73 Å². The average Bonchev–Trinajstić information content (AvgIpc) is 3.13. The van der Waals surface area contributed by atoms with Gasteiger partial charge in [0.15, 0.2) is 11.5 Å². The van der Waals surface area contributed by atoms with Crippen molar-refractivity contribution in [3.63, 3.8) is 0 Å². The first-order valence-corrected chi connectivity index (χ1v) is 8.84. The van der Waals surface area contributed by atoms with Crippen molar-refractivity contribution in [1.82, 2.24) is 4.98 Å². The van der Waals surface area contributed by atoms with E-state index in [1.165, 1.54) is 0 Å². The quantitative estimate of drug-likeness (QED) is 0.457. The lowest BCUT2D eigenvalue weighted by Gasteiger charge is -2.15. The highest BCUT2D eigenvalue weighted by atomic mass is 16.7. The molecule has 1 aromatic heterocycles. The number of carbonyl (C=O) groups is 2. The molecule has 0 saturated heterocycles. The minimum absolute atomic E-state index is 0.116.